The molecule has 0 radical (unpaired) electrons. The number of methoxy groups -OCH3 is 1. The van der Waals surface area contributed by atoms with Crippen molar-refractivity contribution >= 4 is 17.5 Å². The predicted octanol–water partition coefficient (Wildman–Crippen LogP) is 6.97. The summed E-state index contributed by atoms with van der Waals surface area (Å²) in [5.41, 5.74) is 1.32. The molecule has 5 heteroatoms. The van der Waals surface area contributed by atoms with E-state index in [1.165, 1.54) is 12.7 Å². The summed E-state index contributed by atoms with van der Waals surface area (Å²) < 4.78 is 5.25. The maximum atomic E-state index is 14.3. The van der Waals surface area contributed by atoms with Crippen LogP contribution in [-0.4, -0.2) is 29.8 Å². The van der Waals surface area contributed by atoms with Gasteiger partial charge in [0, 0.05) is 11.3 Å². The van der Waals surface area contributed by atoms with Gasteiger partial charge < -0.3 is 9.94 Å². The fourth-order valence-electron chi connectivity index (χ4n) is 10.6. The predicted molar refractivity (Wildman–Crippen MR) is 141 cm³/mol. The third-order valence-corrected chi connectivity index (χ3v) is 13.2. The number of rotatable bonds is 1. The van der Waals surface area contributed by atoms with Crippen LogP contribution >= 0.6 is 0 Å². The Morgan fingerprint density at radius 3 is 2.31 bits per heavy atom. The average Bonchev–Trinajstić information content (AvgIpc) is 2.80. The number of ether oxygens (including phenoxy) is 1. The van der Waals surface area contributed by atoms with E-state index < -0.39 is 5.41 Å². The molecule has 5 aliphatic carbocycles. The number of carbonyl (C=O) groups is 2. The number of oxime groups is 1. The molecule has 0 aromatic carbocycles. The molecule has 1 N–H and O–H groups in total. The zero-order valence-electron chi connectivity index (χ0n) is 23.8. The molecule has 36 heavy (non-hydrogen) atoms. The maximum absolute atomic E-state index is 14.3. The van der Waals surface area contributed by atoms with Gasteiger partial charge in [0.05, 0.1) is 18.2 Å². The highest BCUT2D eigenvalue weighted by molar-refractivity contribution is 5.97. The van der Waals surface area contributed by atoms with Crippen LogP contribution in [0.5, 0.6) is 0 Å². The fourth-order valence-corrected chi connectivity index (χ4v) is 10.6. The van der Waals surface area contributed by atoms with E-state index in [2.05, 4.69) is 59.7 Å². The minimum atomic E-state index is -0.490. The van der Waals surface area contributed by atoms with E-state index in [1.807, 2.05) is 0 Å². The minimum Gasteiger partial charge on any atom is -0.469 e. The molecule has 0 spiro atoms. The lowest BCUT2D eigenvalue weighted by Gasteiger charge is -2.70. The number of ketones is 1. The van der Waals surface area contributed by atoms with Crippen LogP contribution in [0.3, 0.4) is 0 Å². The number of esters is 1. The van der Waals surface area contributed by atoms with Crippen molar-refractivity contribution < 1.29 is 19.5 Å². The molecule has 4 fully saturated rings. The first-order valence-corrected chi connectivity index (χ1v) is 14.2. The summed E-state index contributed by atoms with van der Waals surface area (Å²) in [5.74, 6) is 0.708. The van der Waals surface area contributed by atoms with Gasteiger partial charge in [-0.2, -0.15) is 0 Å². The van der Waals surface area contributed by atoms with Gasteiger partial charge in [-0.05, 0) is 104 Å². The van der Waals surface area contributed by atoms with Crippen LogP contribution in [0, 0.1) is 50.2 Å². The van der Waals surface area contributed by atoms with E-state index in [1.54, 1.807) is 0 Å². The highest BCUT2D eigenvalue weighted by Gasteiger charge is 2.70. The Hall–Kier alpha value is -1.65. The smallest absolute Gasteiger partial charge is 0.311 e. The molecule has 0 aliphatic heterocycles. The van der Waals surface area contributed by atoms with Crippen molar-refractivity contribution in [3.63, 3.8) is 0 Å². The summed E-state index contributed by atoms with van der Waals surface area (Å²) in [5, 5.41) is 13.5. The molecule has 200 valence electrons. The molecule has 0 amide bonds. The Kier molecular flexibility index (Phi) is 5.55. The summed E-state index contributed by atoms with van der Waals surface area (Å²) in [6, 6.07) is 0. The molecule has 0 saturated heterocycles. The van der Waals surface area contributed by atoms with Gasteiger partial charge in [0.25, 0.3) is 0 Å². The molecule has 5 nitrogen and oxygen atoms in total. The van der Waals surface area contributed by atoms with Crippen LogP contribution < -0.4 is 0 Å². The normalized spacial score (nSPS) is 50.8. The lowest BCUT2D eigenvalue weighted by Crippen LogP contribution is -2.66. The fraction of sp³-hybridized carbons (Fsp3) is 0.839. The molecular weight excluding hydrogens is 450 g/mol. The van der Waals surface area contributed by atoms with Gasteiger partial charge in [-0.25, -0.2) is 0 Å². The van der Waals surface area contributed by atoms with E-state index >= 15 is 0 Å². The number of allylic oxidation sites excluding steroid dienone is 2. The molecule has 0 bridgehead atoms. The second kappa shape index (κ2) is 7.69. The lowest BCUT2D eigenvalue weighted by atomic mass is 9.33. The zero-order chi connectivity index (χ0) is 26.5. The van der Waals surface area contributed by atoms with Crippen molar-refractivity contribution in [1.82, 2.24) is 0 Å². The van der Waals surface area contributed by atoms with Gasteiger partial charge in [-0.15, -0.1) is 0 Å². The van der Waals surface area contributed by atoms with E-state index in [-0.39, 0.29) is 44.9 Å². The molecule has 0 aromatic rings. The minimum absolute atomic E-state index is 0.0306. The molecule has 0 heterocycles. The lowest BCUT2D eigenvalue weighted by molar-refractivity contribution is -0.176. The number of hydrogen-bond donors (Lipinski definition) is 1. The second-order valence-corrected chi connectivity index (χ2v) is 15.0. The van der Waals surface area contributed by atoms with Crippen LogP contribution in [-0.2, 0) is 14.3 Å². The largest absolute Gasteiger partial charge is 0.469 e. The van der Waals surface area contributed by atoms with Gasteiger partial charge in [0.2, 0.25) is 0 Å². The molecule has 4 saturated carbocycles. The van der Waals surface area contributed by atoms with Gasteiger partial charge in [-0.3, -0.25) is 9.59 Å². The Bertz CT molecular complexity index is 1060. The number of hydrogen-bond acceptors (Lipinski definition) is 5. The summed E-state index contributed by atoms with van der Waals surface area (Å²) >= 11 is 0. The molecule has 8 atom stereocenters. The Balaban J connectivity index is 1.61. The van der Waals surface area contributed by atoms with Gasteiger partial charge >= 0.3 is 5.97 Å². The van der Waals surface area contributed by atoms with Crippen LogP contribution in [0.15, 0.2) is 16.8 Å². The molecule has 5 aliphatic rings. The highest BCUT2D eigenvalue weighted by Crippen LogP contribution is 2.74. The van der Waals surface area contributed by atoms with Crippen LogP contribution in [0.25, 0.3) is 0 Å². The monoisotopic (exact) mass is 497 g/mol. The van der Waals surface area contributed by atoms with E-state index in [0.717, 1.165) is 63.5 Å². The summed E-state index contributed by atoms with van der Waals surface area (Å²) in [4.78, 5) is 27.2. The van der Waals surface area contributed by atoms with Crippen LogP contribution in [0.2, 0.25) is 0 Å². The van der Waals surface area contributed by atoms with Gasteiger partial charge in [0.1, 0.15) is 0 Å². The second-order valence-electron chi connectivity index (χ2n) is 15.0. The van der Waals surface area contributed by atoms with Crippen molar-refractivity contribution in [2.45, 2.75) is 106 Å². The number of carbonyl (C=O) groups excluding carboxylic acids is 2. The Morgan fingerprint density at radius 1 is 1.00 bits per heavy atom. The summed E-state index contributed by atoms with van der Waals surface area (Å²) in [6.07, 6.45) is 10.7. The van der Waals surface area contributed by atoms with E-state index in [4.69, 9.17) is 4.74 Å². The molecule has 0 unspecified atom stereocenters. The van der Waals surface area contributed by atoms with E-state index in [0.29, 0.717) is 11.7 Å². The third kappa shape index (κ3) is 3.04. The first kappa shape index (κ1) is 26.0. The number of nitrogens with zero attached hydrogens (tertiary/aromatic N) is 1. The summed E-state index contributed by atoms with van der Waals surface area (Å²) in [6.45, 7) is 16.1. The SMILES string of the molecule is COC(=O)[C@@]1(C)CC[C@]2(C)CC[C@]3(C)C(=CC(=O)[C@@H]4[C@@]5(C)CCC(=NO)C(C)(C)[C@@H]5CC[C@]43C)[C@H]2C1. The Morgan fingerprint density at radius 2 is 1.67 bits per heavy atom. The summed E-state index contributed by atoms with van der Waals surface area (Å²) in [7, 11) is 1.50. The van der Waals surface area contributed by atoms with Crippen LogP contribution in [0.1, 0.15) is 106 Å². The molecule has 0 aromatic heterocycles. The van der Waals surface area contributed by atoms with Crippen molar-refractivity contribution in [2.75, 3.05) is 7.11 Å². The first-order chi connectivity index (χ1) is 16.6. The quantitative estimate of drug-likeness (QED) is 0.241. The standard InChI is InChI=1S/C31H47NO4/c1-26(2)22-9-12-31(7)24(29(22,5)11-10-23(26)32-35)21(33)17-19-20-18-28(4,25(34)36-8)14-13-27(20,3)15-16-30(19,31)6/h17,20,22,24,35H,9-16,18H2,1-8H3/t20-,22+,24-,27-,28+,29+,30-,31-/m1/s1. The van der Waals surface area contributed by atoms with E-state index in [9.17, 15) is 14.8 Å². The molecule has 5 rings (SSSR count). The third-order valence-electron chi connectivity index (χ3n) is 13.2. The number of fused-ring (bicyclic) bond motifs is 7. The zero-order valence-corrected chi connectivity index (χ0v) is 23.8. The van der Waals surface area contributed by atoms with Crippen molar-refractivity contribution in [2.24, 2.45) is 55.4 Å². The molecular formula is C31H47NO4. The average molecular weight is 498 g/mol. The van der Waals surface area contributed by atoms with Crippen molar-refractivity contribution in [3.05, 3.63) is 11.6 Å². The van der Waals surface area contributed by atoms with Crippen molar-refractivity contribution in [3.8, 4) is 0 Å². The van der Waals surface area contributed by atoms with Crippen LogP contribution in [0.4, 0.5) is 0 Å². The van der Waals surface area contributed by atoms with Gasteiger partial charge in [-0.1, -0.05) is 52.3 Å². The maximum Gasteiger partial charge on any atom is 0.311 e. The van der Waals surface area contributed by atoms with Gasteiger partial charge in [0.15, 0.2) is 5.78 Å². The highest BCUT2D eigenvalue weighted by atomic mass is 16.5. The topological polar surface area (TPSA) is 76.0 Å². The van der Waals surface area contributed by atoms with Crippen molar-refractivity contribution in [1.29, 1.82) is 0 Å². The first-order valence-electron chi connectivity index (χ1n) is 14.2. The Labute approximate surface area is 217 Å².